The summed E-state index contributed by atoms with van der Waals surface area (Å²) in [6.45, 7) is 1.84. The Labute approximate surface area is 151 Å². The van der Waals surface area contributed by atoms with E-state index in [2.05, 4.69) is 20.3 Å². The van der Waals surface area contributed by atoms with Crippen LogP contribution in [-0.2, 0) is 4.79 Å². The lowest BCUT2D eigenvalue weighted by Crippen LogP contribution is -2.60. The van der Waals surface area contributed by atoms with Crippen LogP contribution in [0.4, 0.5) is 5.69 Å². The smallest absolute Gasteiger partial charge is 0.271 e. The molecule has 0 atom stereocenters. The number of carbonyl (C=O) groups excluding carboxylic acids is 1. The van der Waals surface area contributed by atoms with Crippen molar-refractivity contribution >= 4 is 11.6 Å². The van der Waals surface area contributed by atoms with Gasteiger partial charge in [-0.15, -0.1) is 0 Å². The lowest BCUT2D eigenvalue weighted by molar-refractivity contribution is -0.130. The monoisotopic (exact) mass is 354 g/mol. The van der Waals surface area contributed by atoms with Crippen molar-refractivity contribution < 1.29 is 4.79 Å². The molecule has 0 saturated carbocycles. The van der Waals surface area contributed by atoms with Crippen LogP contribution in [0.3, 0.4) is 0 Å². The average molecular weight is 354 g/mol. The molecule has 1 saturated heterocycles. The standard InChI is InChI=1S/C18H22N6O2/c1-19-5-3-4-17(25)24-11-14(12-24)23(2)16-8-13(9-22-18(16)26)15-10-20-6-7-21-15/h3-4,6-10,14,19H,5,11-12H2,1-2H3,(H,22,26)/b4-3+. The first-order chi connectivity index (χ1) is 12.6. The lowest BCUT2D eigenvalue weighted by atomic mass is 10.1. The summed E-state index contributed by atoms with van der Waals surface area (Å²) >= 11 is 0. The maximum absolute atomic E-state index is 12.2. The fourth-order valence-electron chi connectivity index (χ4n) is 2.79. The van der Waals surface area contributed by atoms with E-state index in [-0.39, 0.29) is 17.5 Å². The molecule has 1 fully saturated rings. The number of likely N-dealkylation sites (N-methyl/N-ethyl adjacent to an activating group) is 2. The molecule has 0 spiro atoms. The SMILES string of the molecule is CNC/C=C/C(=O)N1CC(N(C)c2cc(-c3cnccn3)c[nH]c2=O)C1. The minimum absolute atomic E-state index is 0.00730. The maximum Gasteiger partial charge on any atom is 0.271 e. The molecule has 26 heavy (non-hydrogen) atoms. The average Bonchev–Trinajstić information content (AvgIpc) is 2.61. The van der Waals surface area contributed by atoms with Gasteiger partial charge in [0.25, 0.3) is 5.56 Å². The third kappa shape index (κ3) is 3.80. The van der Waals surface area contributed by atoms with Crippen LogP contribution in [0.1, 0.15) is 0 Å². The van der Waals surface area contributed by atoms with Crippen LogP contribution < -0.4 is 15.8 Å². The third-order valence-electron chi connectivity index (χ3n) is 4.43. The molecule has 2 aromatic heterocycles. The molecule has 0 aromatic carbocycles. The molecule has 3 rings (SSSR count). The molecule has 0 aliphatic carbocycles. The Bertz CT molecular complexity index is 842. The van der Waals surface area contributed by atoms with Crippen molar-refractivity contribution in [1.29, 1.82) is 0 Å². The van der Waals surface area contributed by atoms with Crippen molar-refractivity contribution in [2.24, 2.45) is 0 Å². The normalized spacial score (nSPS) is 14.5. The number of amides is 1. The second-order valence-corrected chi connectivity index (χ2v) is 6.16. The number of nitrogens with zero attached hydrogens (tertiary/aromatic N) is 4. The zero-order valence-electron chi connectivity index (χ0n) is 14.8. The summed E-state index contributed by atoms with van der Waals surface area (Å²) in [4.78, 5) is 39.0. The number of nitrogens with one attached hydrogen (secondary N) is 2. The molecule has 8 nitrogen and oxygen atoms in total. The van der Waals surface area contributed by atoms with Crippen molar-refractivity contribution in [3.63, 3.8) is 0 Å². The van der Waals surface area contributed by atoms with Crippen LogP contribution in [0.15, 0.2) is 47.8 Å². The van der Waals surface area contributed by atoms with Crippen molar-refractivity contribution in [1.82, 2.24) is 25.2 Å². The van der Waals surface area contributed by atoms with Crippen LogP contribution in [0.2, 0.25) is 0 Å². The van der Waals surface area contributed by atoms with Gasteiger partial charge in [0.05, 0.1) is 17.9 Å². The molecule has 1 aliphatic rings. The molecule has 1 amide bonds. The van der Waals surface area contributed by atoms with E-state index in [9.17, 15) is 9.59 Å². The van der Waals surface area contributed by atoms with E-state index in [4.69, 9.17) is 0 Å². The number of aromatic amines is 1. The Morgan fingerprint density at radius 3 is 2.96 bits per heavy atom. The van der Waals surface area contributed by atoms with Gasteiger partial charge in [0.15, 0.2) is 0 Å². The van der Waals surface area contributed by atoms with Crippen molar-refractivity contribution in [2.75, 3.05) is 38.6 Å². The Morgan fingerprint density at radius 1 is 1.46 bits per heavy atom. The summed E-state index contributed by atoms with van der Waals surface area (Å²) in [5.74, 6) is -0.00730. The highest BCUT2D eigenvalue weighted by Crippen LogP contribution is 2.22. The van der Waals surface area contributed by atoms with Crippen LogP contribution in [0, 0.1) is 0 Å². The lowest BCUT2D eigenvalue weighted by Gasteiger charge is -2.44. The topological polar surface area (TPSA) is 94.2 Å². The highest BCUT2D eigenvalue weighted by atomic mass is 16.2. The van der Waals surface area contributed by atoms with Crippen LogP contribution >= 0.6 is 0 Å². The van der Waals surface area contributed by atoms with Gasteiger partial charge >= 0.3 is 0 Å². The number of rotatable bonds is 6. The Hall–Kier alpha value is -3.00. The van der Waals surface area contributed by atoms with Gasteiger partial charge in [0.1, 0.15) is 5.69 Å². The van der Waals surface area contributed by atoms with Crippen molar-refractivity contribution in [3.8, 4) is 11.3 Å². The van der Waals surface area contributed by atoms with Crippen molar-refractivity contribution in [3.05, 3.63) is 53.4 Å². The van der Waals surface area contributed by atoms with E-state index < -0.39 is 0 Å². The van der Waals surface area contributed by atoms with E-state index in [1.807, 2.05) is 19.0 Å². The van der Waals surface area contributed by atoms with Gasteiger partial charge in [0.2, 0.25) is 5.91 Å². The molecule has 2 N–H and O–H groups in total. The van der Waals surface area contributed by atoms with Gasteiger partial charge in [-0.05, 0) is 13.1 Å². The predicted molar refractivity (Wildman–Crippen MR) is 99.9 cm³/mol. The minimum atomic E-state index is -0.168. The first-order valence-electron chi connectivity index (χ1n) is 8.42. The quantitative estimate of drug-likeness (QED) is 0.723. The first-order valence-corrected chi connectivity index (χ1v) is 8.42. The Kier molecular flexibility index (Phi) is 5.43. The Balaban J connectivity index is 1.69. The molecule has 3 heterocycles. The summed E-state index contributed by atoms with van der Waals surface area (Å²) < 4.78 is 0. The molecule has 1 aliphatic heterocycles. The number of carbonyl (C=O) groups is 1. The number of hydrogen-bond acceptors (Lipinski definition) is 6. The van der Waals surface area contributed by atoms with Crippen LogP contribution in [-0.4, -0.2) is 65.5 Å². The summed E-state index contributed by atoms with van der Waals surface area (Å²) in [6, 6.07) is 1.91. The maximum atomic E-state index is 12.2. The molecule has 0 unspecified atom stereocenters. The van der Waals surface area contributed by atoms with E-state index >= 15 is 0 Å². The summed E-state index contributed by atoms with van der Waals surface area (Å²) in [5, 5.41) is 2.96. The second kappa shape index (κ2) is 7.92. The number of hydrogen-bond donors (Lipinski definition) is 2. The zero-order valence-corrected chi connectivity index (χ0v) is 14.8. The largest absolute Gasteiger partial charge is 0.364 e. The third-order valence-corrected chi connectivity index (χ3v) is 4.43. The number of aromatic nitrogens is 3. The van der Waals surface area contributed by atoms with Gasteiger partial charge in [-0.1, -0.05) is 6.08 Å². The van der Waals surface area contributed by atoms with Gasteiger partial charge in [-0.2, -0.15) is 0 Å². The van der Waals surface area contributed by atoms with E-state index in [0.717, 1.165) is 5.56 Å². The fourth-order valence-corrected chi connectivity index (χ4v) is 2.79. The van der Waals surface area contributed by atoms with E-state index in [1.54, 1.807) is 47.9 Å². The summed E-state index contributed by atoms with van der Waals surface area (Å²) in [5.41, 5.74) is 1.87. The fraction of sp³-hybridized carbons (Fsp3) is 0.333. The number of anilines is 1. The molecule has 2 aromatic rings. The highest BCUT2D eigenvalue weighted by Gasteiger charge is 2.33. The predicted octanol–water partition coefficient (Wildman–Crippen LogP) is 0.254. The minimum Gasteiger partial charge on any atom is -0.364 e. The van der Waals surface area contributed by atoms with Crippen LogP contribution in [0.25, 0.3) is 11.3 Å². The first kappa shape index (κ1) is 17.8. The molecule has 8 heteroatoms. The number of likely N-dealkylation sites (tertiary alicyclic amines) is 1. The second-order valence-electron chi connectivity index (χ2n) is 6.16. The zero-order chi connectivity index (χ0) is 18.5. The molecular formula is C18H22N6O2. The van der Waals surface area contributed by atoms with Gasteiger partial charge in [-0.25, -0.2) is 0 Å². The van der Waals surface area contributed by atoms with Crippen molar-refractivity contribution in [2.45, 2.75) is 6.04 Å². The highest BCUT2D eigenvalue weighted by molar-refractivity contribution is 5.88. The molecular weight excluding hydrogens is 332 g/mol. The number of pyridine rings is 1. The van der Waals surface area contributed by atoms with Gasteiger partial charge in [0, 0.05) is 56.9 Å². The summed E-state index contributed by atoms with van der Waals surface area (Å²) in [7, 11) is 3.70. The Morgan fingerprint density at radius 2 is 2.27 bits per heavy atom. The molecule has 0 bridgehead atoms. The van der Waals surface area contributed by atoms with Gasteiger partial charge < -0.3 is 20.1 Å². The summed E-state index contributed by atoms with van der Waals surface area (Å²) in [6.07, 6.45) is 9.88. The van der Waals surface area contributed by atoms with E-state index in [1.165, 1.54) is 0 Å². The van der Waals surface area contributed by atoms with Gasteiger partial charge in [-0.3, -0.25) is 19.6 Å². The molecule has 0 radical (unpaired) electrons. The van der Waals surface area contributed by atoms with E-state index in [0.29, 0.717) is 31.0 Å². The number of H-pyrrole nitrogens is 1. The van der Waals surface area contributed by atoms with Crippen LogP contribution in [0.5, 0.6) is 0 Å². The molecule has 136 valence electrons.